The Morgan fingerprint density at radius 2 is 1.61 bits per heavy atom. The molecule has 7 atom stereocenters. The van der Waals surface area contributed by atoms with Gasteiger partial charge in [0.1, 0.15) is 12.2 Å². The number of aliphatic hydroxyl groups is 4. The number of aliphatic hydroxyl groups excluding tert-OH is 2. The molecule has 0 aliphatic carbocycles. The van der Waals surface area contributed by atoms with Gasteiger partial charge in [-0.2, -0.15) is 0 Å². The molecular weight excluding hydrogens is 312 g/mol. The average Bonchev–Trinajstić information content (AvgIpc) is 2.51. The minimum atomic E-state index is -3.07. The van der Waals surface area contributed by atoms with E-state index in [1.165, 1.54) is 13.8 Å². The molecule has 10 heteroatoms. The molecule has 0 aromatic heterocycles. The van der Waals surface area contributed by atoms with E-state index in [2.05, 4.69) is 0 Å². The Hall–Kier alpha value is -0.980. The van der Waals surface area contributed by atoms with Gasteiger partial charge in [0.25, 0.3) is 0 Å². The van der Waals surface area contributed by atoms with E-state index in [9.17, 15) is 30.0 Å². The molecule has 1 fully saturated rings. The van der Waals surface area contributed by atoms with Crippen molar-refractivity contribution in [1.29, 1.82) is 0 Å². The maximum atomic E-state index is 12.4. The third-order valence-electron chi connectivity index (χ3n) is 3.97. The van der Waals surface area contributed by atoms with Crippen LogP contribution in [-0.4, -0.2) is 87.5 Å². The van der Waals surface area contributed by atoms with Crippen molar-refractivity contribution in [3.05, 3.63) is 0 Å². The maximum absolute atomic E-state index is 12.4. The van der Waals surface area contributed by atoms with E-state index in [0.717, 1.165) is 7.11 Å². The Kier molecular flexibility index (Phi) is 5.99. The zero-order valence-corrected chi connectivity index (χ0v) is 13.2. The van der Waals surface area contributed by atoms with Gasteiger partial charge >= 0.3 is 0 Å². The van der Waals surface area contributed by atoms with E-state index in [4.69, 9.17) is 20.9 Å². The van der Waals surface area contributed by atoms with Gasteiger partial charge in [-0.25, -0.2) is 0 Å². The zero-order valence-electron chi connectivity index (χ0n) is 13.2. The molecule has 1 saturated heterocycles. The van der Waals surface area contributed by atoms with Gasteiger partial charge < -0.3 is 41.4 Å². The van der Waals surface area contributed by atoms with Crippen molar-refractivity contribution in [2.24, 2.45) is 11.5 Å². The fraction of sp³-hybridized carbons (Fsp3) is 0.846. The van der Waals surface area contributed by atoms with Crippen molar-refractivity contribution < 1.29 is 39.5 Å². The van der Waals surface area contributed by atoms with Crippen LogP contribution in [0.1, 0.15) is 13.8 Å². The molecule has 0 aromatic carbocycles. The number of rotatable bonds is 6. The quantitative estimate of drug-likeness (QED) is 0.279. The molecule has 23 heavy (non-hydrogen) atoms. The molecule has 0 radical (unpaired) electrons. The number of hydrogen-bond acceptors (Lipinski definition) is 10. The minimum Gasteiger partial charge on any atom is -0.394 e. The first kappa shape index (κ1) is 20.1. The maximum Gasteiger partial charge on any atom is 0.214 e. The predicted molar refractivity (Wildman–Crippen MR) is 76.0 cm³/mol. The molecule has 1 rings (SSSR count). The van der Waals surface area contributed by atoms with Crippen LogP contribution in [0.3, 0.4) is 0 Å². The van der Waals surface area contributed by atoms with Gasteiger partial charge in [0, 0.05) is 7.11 Å². The fourth-order valence-corrected chi connectivity index (χ4v) is 2.71. The predicted octanol–water partition coefficient (Wildman–Crippen LogP) is -3.99. The van der Waals surface area contributed by atoms with Gasteiger partial charge in [-0.3, -0.25) is 9.59 Å². The highest BCUT2D eigenvalue weighted by Crippen LogP contribution is 2.41. The van der Waals surface area contributed by atoms with E-state index in [1.54, 1.807) is 0 Å². The van der Waals surface area contributed by atoms with Crippen LogP contribution in [0, 0.1) is 0 Å². The molecule has 0 saturated carbocycles. The Balaban J connectivity index is 3.62. The summed E-state index contributed by atoms with van der Waals surface area (Å²) in [5.41, 5.74) is 4.86. The van der Waals surface area contributed by atoms with E-state index in [-0.39, 0.29) is 0 Å². The first-order valence-electron chi connectivity index (χ1n) is 7.01. The molecule has 134 valence electrons. The SMILES string of the molecule is CO[C@H]1O[C@H](CO)[C@@H](O)[C@@](O)(C(=O)[C@H](C)N)[C@]1(O)C(=O)[C@H](C)N. The van der Waals surface area contributed by atoms with Gasteiger partial charge in [0.2, 0.25) is 5.60 Å². The summed E-state index contributed by atoms with van der Waals surface area (Å²) in [6, 6.07) is -2.65. The molecule has 0 amide bonds. The van der Waals surface area contributed by atoms with E-state index >= 15 is 0 Å². The van der Waals surface area contributed by atoms with Crippen molar-refractivity contribution in [2.45, 2.75) is 55.6 Å². The number of nitrogens with two attached hydrogens (primary N) is 2. The largest absolute Gasteiger partial charge is 0.394 e. The topological polar surface area (TPSA) is 186 Å². The van der Waals surface area contributed by atoms with E-state index in [1.807, 2.05) is 0 Å². The summed E-state index contributed by atoms with van der Waals surface area (Å²) in [7, 11) is 1.05. The van der Waals surface area contributed by atoms with Crippen LogP contribution in [0.25, 0.3) is 0 Å². The Bertz CT molecular complexity index is 471. The first-order chi connectivity index (χ1) is 10.5. The van der Waals surface area contributed by atoms with Gasteiger partial charge in [-0.1, -0.05) is 0 Å². The van der Waals surface area contributed by atoms with Crippen LogP contribution in [0.4, 0.5) is 0 Å². The molecule has 0 aromatic rings. The molecule has 0 spiro atoms. The standard InChI is InChI=1S/C13H24N2O8/c1-5(14)8(17)12(20)10(19)7(4-16)23-11(22-3)13(12,21)9(18)6(2)15/h5-7,10-11,16,19-21H,4,14-15H2,1-3H3/t5-,6-,7+,10+,11-,12-,13-/m0/s1. The first-order valence-corrected chi connectivity index (χ1v) is 7.01. The lowest BCUT2D eigenvalue weighted by atomic mass is 9.67. The molecule has 0 unspecified atom stereocenters. The molecule has 1 aliphatic heterocycles. The Morgan fingerprint density at radius 1 is 1.17 bits per heavy atom. The zero-order chi connectivity index (χ0) is 18.2. The number of ether oxygens (including phenoxy) is 2. The number of carbonyl (C=O) groups excluding carboxylic acids is 2. The van der Waals surface area contributed by atoms with E-state index < -0.39 is 60.0 Å². The molecule has 1 heterocycles. The average molecular weight is 336 g/mol. The second-order valence-electron chi connectivity index (χ2n) is 5.71. The second kappa shape index (κ2) is 6.87. The lowest BCUT2D eigenvalue weighted by Crippen LogP contribution is -2.82. The Labute approximate surface area is 133 Å². The summed E-state index contributed by atoms with van der Waals surface area (Å²) >= 11 is 0. The summed E-state index contributed by atoms with van der Waals surface area (Å²) in [5, 5.41) is 41.2. The number of carbonyl (C=O) groups is 2. The van der Waals surface area contributed by atoms with Crippen molar-refractivity contribution in [1.82, 2.24) is 0 Å². The highest BCUT2D eigenvalue weighted by atomic mass is 16.7. The lowest BCUT2D eigenvalue weighted by Gasteiger charge is -2.53. The van der Waals surface area contributed by atoms with Crippen LogP contribution < -0.4 is 11.5 Å². The van der Waals surface area contributed by atoms with Crippen LogP contribution in [0.5, 0.6) is 0 Å². The van der Waals surface area contributed by atoms with Crippen molar-refractivity contribution >= 4 is 11.6 Å². The summed E-state index contributed by atoms with van der Waals surface area (Å²) < 4.78 is 9.97. The van der Waals surface area contributed by atoms with Gasteiger partial charge in [0.05, 0.1) is 18.7 Å². The number of methoxy groups -OCH3 is 1. The lowest BCUT2D eigenvalue weighted by molar-refractivity contribution is -0.346. The summed E-state index contributed by atoms with van der Waals surface area (Å²) in [5.74, 6) is -2.40. The van der Waals surface area contributed by atoms with Crippen molar-refractivity contribution in [3.8, 4) is 0 Å². The van der Waals surface area contributed by atoms with Crippen LogP contribution >= 0.6 is 0 Å². The highest BCUT2D eigenvalue weighted by Gasteiger charge is 2.72. The normalized spacial score (nSPS) is 40.5. The van der Waals surface area contributed by atoms with Gasteiger partial charge in [0.15, 0.2) is 23.5 Å². The minimum absolute atomic E-state index is 0.808. The third kappa shape index (κ3) is 2.81. The Morgan fingerprint density at radius 3 is 1.96 bits per heavy atom. The fourth-order valence-electron chi connectivity index (χ4n) is 2.71. The van der Waals surface area contributed by atoms with Crippen molar-refractivity contribution in [3.63, 3.8) is 0 Å². The van der Waals surface area contributed by atoms with Gasteiger partial charge in [-0.15, -0.1) is 0 Å². The summed E-state index contributed by atoms with van der Waals surface area (Å²) in [6.07, 6.45) is -5.48. The van der Waals surface area contributed by atoms with Crippen LogP contribution in [0.15, 0.2) is 0 Å². The molecule has 10 nitrogen and oxygen atoms in total. The third-order valence-corrected chi connectivity index (χ3v) is 3.97. The van der Waals surface area contributed by atoms with E-state index in [0.29, 0.717) is 0 Å². The highest BCUT2D eigenvalue weighted by molar-refractivity contribution is 6.04. The monoisotopic (exact) mass is 336 g/mol. The number of ketones is 2. The molecule has 8 N–H and O–H groups in total. The van der Waals surface area contributed by atoms with Crippen LogP contribution in [-0.2, 0) is 19.1 Å². The molecule has 0 bridgehead atoms. The second-order valence-corrected chi connectivity index (χ2v) is 5.71. The summed E-state index contributed by atoms with van der Waals surface area (Å²) in [6.45, 7) is 1.61. The van der Waals surface area contributed by atoms with Gasteiger partial charge in [-0.05, 0) is 13.8 Å². The number of hydrogen-bond donors (Lipinski definition) is 6. The molecular formula is C13H24N2O8. The smallest absolute Gasteiger partial charge is 0.214 e. The van der Waals surface area contributed by atoms with Crippen LogP contribution in [0.2, 0.25) is 0 Å². The molecule has 1 aliphatic rings. The van der Waals surface area contributed by atoms with Crippen molar-refractivity contribution in [2.75, 3.05) is 13.7 Å². The summed E-state index contributed by atoms with van der Waals surface area (Å²) in [4.78, 5) is 24.8. The number of Topliss-reactive ketones (excluding diaryl/α,β-unsaturated/α-hetero) is 2.